The molecule has 7 nitrogen and oxygen atoms in total. The van der Waals surface area contributed by atoms with Gasteiger partial charge in [0.2, 0.25) is 5.82 Å². The third kappa shape index (κ3) is 4.80. The standard InChI is InChI=1S/C26H27F2N5O2/c1-4-6-11-30-26(34)18-8-7-17(14-16(18)5-2)32-24-25-31-15-20(33(25)13-12-29-24)19-9-10-21(35-3)23(28)22(19)27/h7-10,12-15H,4-6,11H2,1-3H3,(H,29,32)(H,30,34). The average Bonchev–Trinajstić information content (AvgIpc) is 3.30. The number of hydrogen-bond donors (Lipinski definition) is 2. The number of benzene rings is 2. The molecule has 0 spiro atoms. The van der Waals surface area contributed by atoms with Gasteiger partial charge in [0.05, 0.1) is 19.0 Å². The van der Waals surface area contributed by atoms with Crippen LogP contribution in [-0.2, 0) is 6.42 Å². The highest BCUT2D eigenvalue weighted by molar-refractivity contribution is 5.96. The minimum atomic E-state index is -1.06. The van der Waals surface area contributed by atoms with E-state index < -0.39 is 11.6 Å². The Bertz CT molecular complexity index is 1370. The van der Waals surface area contributed by atoms with Crippen LogP contribution in [0.4, 0.5) is 20.3 Å². The van der Waals surface area contributed by atoms with Crippen LogP contribution in [-0.4, -0.2) is 33.9 Å². The second-order valence-electron chi connectivity index (χ2n) is 8.02. The van der Waals surface area contributed by atoms with Crippen molar-refractivity contribution in [2.24, 2.45) is 0 Å². The Morgan fingerprint density at radius 1 is 1.11 bits per heavy atom. The van der Waals surface area contributed by atoms with Crippen molar-refractivity contribution in [3.05, 3.63) is 71.7 Å². The Kier molecular flexibility index (Phi) is 7.24. The van der Waals surface area contributed by atoms with Gasteiger partial charge in [-0.2, -0.15) is 4.39 Å². The van der Waals surface area contributed by atoms with Crippen LogP contribution in [0.1, 0.15) is 42.6 Å². The van der Waals surface area contributed by atoms with Gasteiger partial charge in [0.1, 0.15) is 0 Å². The molecule has 0 aliphatic carbocycles. The second kappa shape index (κ2) is 10.5. The van der Waals surface area contributed by atoms with Gasteiger partial charge in [-0.3, -0.25) is 9.20 Å². The van der Waals surface area contributed by atoms with Crippen molar-refractivity contribution in [3.63, 3.8) is 0 Å². The first-order chi connectivity index (χ1) is 17.0. The molecule has 9 heteroatoms. The highest BCUT2D eigenvalue weighted by Gasteiger charge is 2.19. The third-order valence-electron chi connectivity index (χ3n) is 5.78. The largest absolute Gasteiger partial charge is 0.494 e. The molecule has 2 aromatic heterocycles. The maximum atomic E-state index is 14.7. The molecular weight excluding hydrogens is 452 g/mol. The Hall–Kier alpha value is -4.01. The minimum Gasteiger partial charge on any atom is -0.494 e. The lowest BCUT2D eigenvalue weighted by atomic mass is 10.0. The monoisotopic (exact) mass is 479 g/mol. The Balaban J connectivity index is 1.65. The van der Waals surface area contributed by atoms with Crippen molar-refractivity contribution in [2.45, 2.75) is 33.1 Å². The molecule has 0 fully saturated rings. The number of imidazole rings is 1. The average molecular weight is 480 g/mol. The number of hydrogen-bond acceptors (Lipinski definition) is 5. The number of methoxy groups -OCH3 is 1. The number of aromatic nitrogens is 3. The van der Waals surface area contributed by atoms with E-state index in [2.05, 4.69) is 27.5 Å². The fourth-order valence-corrected chi connectivity index (χ4v) is 3.89. The molecule has 182 valence electrons. The third-order valence-corrected chi connectivity index (χ3v) is 5.78. The summed E-state index contributed by atoms with van der Waals surface area (Å²) >= 11 is 0. The Labute approximate surface area is 202 Å². The fourth-order valence-electron chi connectivity index (χ4n) is 3.89. The Morgan fingerprint density at radius 2 is 1.94 bits per heavy atom. The van der Waals surface area contributed by atoms with Crippen LogP contribution in [0.25, 0.3) is 16.9 Å². The lowest BCUT2D eigenvalue weighted by molar-refractivity contribution is 0.0952. The number of carbonyl (C=O) groups is 1. The molecule has 35 heavy (non-hydrogen) atoms. The highest BCUT2D eigenvalue weighted by Crippen LogP contribution is 2.31. The van der Waals surface area contributed by atoms with Gasteiger partial charge in [0.25, 0.3) is 5.91 Å². The molecule has 0 unspecified atom stereocenters. The van der Waals surface area contributed by atoms with Gasteiger partial charge < -0.3 is 15.4 Å². The van der Waals surface area contributed by atoms with E-state index in [0.717, 1.165) is 24.1 Å². The first kappa shape index (κ1) is 24.1. The van der Waals surface area contributed by atoms with E-state index in [1.54, 1.807) is 28.9 Å². The summed E-state index contributed by atoms with van der Waals surface area (Å²) in [5.41, 5.74) is 3.14. The van der Waals surface area contributed by atoms with E-state index >= 15 is 0 Å². The van der Waals surface area contributed by atoms with Crippen molar-refractivity contribution in [1.82, 2.24) is 19.7 Å². The number of amides is 1. The topological polar surface area (TPSA) is 80.6 Å². The number of rotatable bonds is 9. The zero-order chi connectivity index (χ0) is 24.9. The molecule has 2 heterocycles. The number of unbranched alkanes of at least 4 members (excludes halogenated alkanes) is 1. The molecular formula is C26H27F2N5O2. The first-order valence-electron chi connectivity index (χ1n) is 11.5. The first-order valence-corrected chi connectivity index (χ1v) is 11.5. The molecule has 4 aromatic rings. The molecule has 0 saturated heterocycles. The van der Waals surface area contributed by atoms with E-state index in [0.29, 0.717) is 35.7 Å². The van der Waals surface area contributed by atoms with Gasteiger partial charge in [0, 0.05) is 35.8 Å². The van der Waals surface area contributed by atoms with Crippen molar-refractivity contribution in [2.75, 3.05) is 19.0 Å². The summed E-state index contributed by atoms with van der Waals surface area (Å²) in [5.74, 6) is -1.89. The number of fused-ring (bicyclic) bond motifs is 1. The highest BCUT2D eigenvalue weighted by atomic mass is 19.2. The molecule has 2 aromatic carbocycles. The van der Waals surface area contributed by atoms with Crippen molar-refractivity contribution in [1.29, 1.82) is 0 Å². The van der Waals surface area contributed by atoms with Crippen molar-refractivity contribution < 1.29 is 18.3 Å². The zero-order valence-electron chi connectivity index (χ0n) is 19.9. The quantitative estimate of drug-likeness (QED) is 0.309. The van der Waals surface area contributed by atoms with Gasteiger partial charge in [-0.1, -0.05) is 20.3 Å². The summed E-state index contributed by atoms with van der Waals surface area (Å²) in [6.07, 6.45) is 7.27. The van der Waals surface area contributed by atoms with E-state index in [9.17, 15) is 13.6 Å². The molecule has 0 aliphatic heterocycles. The van der Waals surface area contributed by atoms with Gasteiger partial charge in [-0.05, 0) is 48.7 Å². The van der Waals surface area contributed by atoms with E-state index in [4.69, 9.17) is 4.74 Å². The number of ether oxygens (including phenoxy) is 1. The molecule has 2 N–H and O–H groups in total. The number of carbonyl (C=O) groups excluding carboxylic acids is 1. The molecule has 1 amide bonds. The number of nitrogens with zero attached hydrogens (tertiary/aromatic N) is 3. The van der Waals surface area contributed by atoms with Crippen molar-refractivity contribution >= 4 is 23.1 Å². The Morgan fingerprint density at radius 3 is 2.69 bits per heavy atom. The number of nitrogens with one attached hydrogen (secondary N) is 2. The SMILES string of the molecule is CCCCNC(=O)c1ccc(Nc2nccn3c(-c4ccc(OC)c(F)c4F)cnc23)cc1CC. The molecule has 0 aliphatic rings. The summed E-state index contributed by atoms with van der Waals surface area (Å²) in [6.45, 7) is 4.71. The van der Waals surface area contributed by atoms with Crippen LogP contribution < -0.4 is 15.4 Å². The number of aryl methyl sites for hydroxylation is 1. The number of halogens is 2. The predicted molar refractivity (Wildman–Crippen MR) is 131 cm³/mol. The molecule has 4 rings (SSSR count). The lowest BCUT2D eigenvalue weighted by Crippen LogP contribution is -2.25. The fraction of sp³-hybridized carbons (Fsp3) is 0.269. The van der Waals surface area contributed by atoms with Crippen LogP contribution in [0.2, 0.25) is 0 Å². The van der Waals surface area contributed by atoms with Gasteiger partial charge >= 0.3 is 0 Å². The molecule has 0 radical (unpaired) electrons. The predicted octanol–water partition coefficient (Wildman–Crippen LogP) is 5.52. The molecule has 0 saturated carbocycles. The van der Waals surface area contributed by atoms with Crippen molar-refractivity contribution in [3.8, 4) is 17.0 Å². The maximum Gasteiger partial charge on any atom is 0.251 e. The molecule has 0 atom stereocenters. The van der Waals surface area contributed by atoms with Crippen LogP contribution in [0.5, 0.6) is 5.75 Å². The van der Waals surface area contributed by atoms with Crippen LogP contribution in [0.3, 0.4) is 0 Å². The van der Waals surface area contributed by atoms with E-state index in [1.807, 2.05) is 13.0 Å². The smallest absolute Gasteiger partial charge is 0.251 e. The van der Waals surface area contributed by atoms with E-state index in [-0.39, 0.29) is 17.2 Å². The normalized spacial score (nSPS) is 11.0. The maximum absolute atomic E-state index is 14.7. The number of anilines is 2. The minimum absolute atomic E-state index is 0.0552. The summed E-state index contributed by atoms with van der Waals surface area (Å²) in [5, 5.41) is 6.19. The van der Waals surface area contributed by atoms with Crippen LogP contribution in [0, 0.1) is 11.6 Å². The summed E-state index contributed by atoms with van der Waals surface area (Å²) in [4.78, 5) is 21.3. The zero-order valence-corrected chi connectivity index (χ0v) is 19.9. The summed E-state index contributed by atoms with van der Waals surface area (Å²) < 4.78 is 35.5. The lowest BCUT2D eigenvalue weighted by Gasteiger charge is -2.13. The summed E-state index contributed by atoms with van der Waals surface area (Å²) in [7, 11) is 1.28. The van der Waals surface area contributed by atoms with Gasteiger partial charge in [-0.15, -0.1) is 0 Å². The van der Waals surface area contributed by atoms with Gasteiger partial charge in [0.15, 0.2) is 23.0 Å². The van der Waals surface area contributed by atoms with Crippen LogP contribution in [0.15, 0.2) is 48.9 Å². The van der Waals surface area contributed by atoms with E-state index in [1.165, 1.54) is 25.4 Å². The molecule has 0 bridgehead atoms. The summed E-state index contributed by atoms with van der Waals surface area (Å²) in [6, 6.07) is 8.32. The van der Waals surface area contributed by atoms with Crippen LogP contribution >= 0.6 is 0 Å². The second-order valence-corrected chi connectivity index (χ2v) is 8.02. The van der Waals surface area contributed by atoms with Gasteiger partial charge in [-0.25, -0.2) is 14.4 Å².